The Kier molecular flexibility index (Phi) is 27.8. The van der Waals surface area contributed by atoms with Crippen molar-refractivity contribution in [2.75, 3.05) is 13.6 Å². The van der Waals surface area contributed by atoms with Crippen LogP contribution in [0.2, 0.25) is 0 Å². The molecule has 51 heavy (non-hydrogen) atoms. The zero-order valence-electron chi connectivity index (χ0n) is 34.0. The Balaban J connectivity index is 0. The van der Waals surface area contributed by atoms with Crippen molar-refractivity contribution in [2.45, 2.75) is 145 Å². The van der Waals surface area contributed by atoms with Crippen LogP contribution in [0.15, 0.2) is 62.3 Å². The number of hydrogen-bond donors (Lipinski definition) is 5. The number of rotatable bonds is 15. The smallest absolute Gasteiger partial charge is 0.207 e. The first-order chi connectivity index (χ1) is 24.0. The molecular weight excluding hydrogens is 677 g/mol. The van der Waals surface area contributed by atoms with Gasteiger partial charge in [0.25, 0.3) is 0 Å². The minimum atomic E-state index is 0.127. The van der Waals surface area contributed by atoms with Gasteiger partial charge in [-0.25, -0.2) is 11.4 Å². The Labute approximate surface area is 323 Å². The number of hydrogen-bond acceptors (Lipinski definition) is 6. The predicted octanol–water partition coefficient (Wildman–Crippen LogP) is 8.91. The van der Waals surface area contributed by atoms with E-state index in [0.29, 0.717) is 36.2 Å². The van der Waals surface area contributed by atoms with Crippen molar-refractivity contribution in [1.29, 1.82) is 0 Å². The minimum Gasteiger partial charge on any atom is -0.384 e. The molecule has 0 bridgehead atoms. The lowest BCUT2D eigenvalue weighted by atomic mass is 9.70. The third kappa shape index (κ3) is 20.3. The fraction of sp³-hybridized carbons (Fsp3) is 0.659. The lowest BCUT2D eigenvalue weighted by Crippen LogP contribution is -2.57. The van der Waals surface area contributed by atoms with Gasteiger partial charge in [-0.1, -0.05) is 101 Å². The van der Waals surface area contributed by atoms with E-state index in [0.717, 1.165) is 16.0 Å². The maximum atomic E-state index is 9.64. The minimum absolute atomic E-state index is 0.127. The fourth-order valence-corrected chi connectivity index (χ4v) is 7.03. The summed E-state index contributed by atoms with van der Waals surface area (Å²) < 4.78 is 0. The molecule has 0 saturated heterocycles. The summed E-state index contributed by atoms with van der Waals surface area (Å²) in [5.41, 5.74) is 11.5. The molecule has 1 amide bonds. The quantitative estimate of drug-likeness (QED) is 0.0217. The summed E-state index contributed by atoms with van der Waals surface area (Å²) in [5, 5.41) is 10.9. The van der Waals surface area contributed by atoms with Crippen LogP contribution in [0, 0.1) is 30.1 Å². The number of amides is 1. The maximum absolute atomic E-state index is 9.64. The van der Waals surface area contributed by atoms with Crippen molar-refractivity contribution >= 4 is 35.4 Å². The number of nitrogens with zero attached hydrogens (tertiary/aromatic N) is 2. The third-order valence-electron chi connectivity index (χ3n) is 9.24. The average Bonchev–Trinajstić information content (AvgIpc) is 3.26. The number of amidine groups is 1. The number of hydrazone groups is 1. The van der Waals surface area contributed by atoms with Crippen molar-refractivity contribution in [2.24, 2.45) is 33.9 Å². The molecule has 8 nitrogen and oxygen atoms in total. The van der Waals surface area contributed by atoms with E-state index in [2.05, 4.69) is 127 Å². The molecule has 2 aliphatic rings. The third-order valence-corrected chi connectivity index (χ3v) is 9.77. The topological polar surface area (TPSA) is 121 Å². The first-order valence-corrected chi connectivity index (χ1v) is 19.3. The molecular formula is C41H73Cl2N7O. The molecule has 7 N–H and O–H groups in total. The summed E-state index contributed by atoms with van der Waals surface area (Å²) in [7, 11) is 2.08. The van der Waals surface area contributed by atoms with Crippen LogP contribution in [-0.2, 0) is 4.79 Å². The van der Waals surface area contributed by atoms with Crippen LogP contribution in [0.25, 0.3) is 0 Å². The molecule has 0 aliphatic heterocycles. The summed E-state index contributed by atoms with van der Waals surface area (Å²) in [5.74, 6) is 6.47. The van der Waals surface area contributed by atoms with E-state index in [1.54, 1.807) is 0 Å². The zero-order valence-corrected chi connectivity index (χ0v) is 35.5. The van der Waals surface area contributed by atoms with Crippen LogP contribution in [0.5, 0.6) is 0 Å². The molecule has 10 heteroatoms. The highest BCUT2D eigenvalue weighted by atomic mass is 35.5. The molecule has 3 atom stereocenters. The van der Waals surface area contributed by atoms with Crippen LogP contribution < -0.4 is 27.7 Å². The van der Waals surface area contributed by atoms with Crippen molar-refractivity contribution < 1.29 is 4.79 Å². The van der Waals surface area contributed by atoms with Crippen LogP contribution in [0.1, 0.15) is 121 Å². The van der Waals surface area contributed by atoms with Crippen LogP contribution in [0.4, 0.5) is 0 Å². The second-order valence-corrected chi connectivity index (χ2v) is 15.6. The molecule has 0 aromatic heterocycles. The summed E-state index contributed by atoms with van der Waals surface area (Å²) in [4.78, 5) is 12.5. The predicted molar refractivity (Wildman–Crippen MR) is 225 cm³/mol. The average molecular weight is 751 g/mol. The van der Waals surface area contributed by atoms with Crippen molar-refractivity contribution in [3.63, 3.8) is 0 Å². The highest BCUT2D eigenvalue weighted by Gasteiger charge is 2.39. The van der Waals surface area contributed by atoms with E-state index in [1.165, 1.54) is 55.2 Å². The molecule has 2 aliphatic carbocycles. The van der Waals surface area contributed by atoms with Crippen molar-refractivity contribution in [3.8, 4) is 12.8 Å². The van der Waals surface area contributed by atoms with Gasteiger partial charge in [0.15, 0.2) is 0 Å². The van der Waals surface area contributed by atoms with E-state index in [4.69, 9.17) is 34.8 Å². The maximum Gasteiger partial charge on any atom is 0.207 e. The largest absolute Gasteiger partial charge is 0.384 e. The lowest BCUT2D eigenvalue weighted by molar-refractivity contribution is -0.109. The Morgan fingerprint density at radius 3 is 2.10 bits per heavy atom. The molecule has 0 heterocycles. The fourth-order valence-electron chi connectivity index (χ4n) is 6.62. The molecule has 1 fully saturated rings. The van der Waals surface area contributed by atoms with Gasteiger partial charge in [-0.15, -0.1) is 12.8 Å². The number of carbonyl (C=O) groups is 1. The monoisotopic (exact) mass is 750 g/mol. The first-order valence-electron chi connectivity index (χ1n) is 18.5. The molecule has 0 radical (unpaired) electrons. The lowest BCUT2D eigenvalue weighted by Gasteiger charge is -2.49. The summed E-state index contributed by atoms with van der Waals surface area (Å²) in [6.07, 6.45) is 27.6. The number of terminal acetylenes is 1. The Hall–Kier alpha value is -2.54. The number of carbonyl (C=O) groups excluding carboxylic acids is 1. The molecule has 0 spiro atoms. The number of allylic oxidation sites excluding steroid dienone is 7. The van der Waals surface area contributed by atoms with Crippen LogP contribution >= 0.6 is 23.2 Å². The van der Waals surface area contributed by atoms with E-state index < -0.39 is 0 Å². The van der Waals surface area contributed by atoms with Gasteiger partial charge < -0.3 is 16.4 Å². The second kappa shape index (κ2) is 28.0. The van der Waals surface area contributed by atoms with Gasteiger partial charge in [0.2, 0.25) is 6.41 Å². The van der Waals surface area contributed by atoms with Gasteiger partial charge in [0.1, 0.15) is 5.84 Å². The van der Waals surface area contributed by atoms with E-state index in [9.17, 15) is 4.79 Å². The van der Waals surface area contributed by atoms with Crippen molar-refractivity contribution in [3.05, 3.63) is 57.2 Å². The Morgan fingerprint density at radius 1 is 1.04 bits per heavy atom. The van der Waals surface area contributed by atoms with E-state index in [1.807, 2.05) is 25.5 Å². The number of hydrazine groups is 1. The number of nitrogens with two attached hydrogens (primary N) is 2. The molecule has 0 aromatic carbocycles. The van der Waals surface area contributed by atoms with E-state index >= 15 is 0 Å². The van der Waals surface area contributed by atoms with Gasteiger partial charge >= 0.3 is 0 Å². The summed E-state index contributed by atoms with van der Waals surface area (Å²) in [6.45, 7) is 25.3. The summed E-state index contributed by atoms with van der Waals surface area (Å²) in [6, 6.07) is 1.36. The normalized spacial score (nSPS) is 19.8. The highest BCUT2D eigenvalue weighted by molar-refractivity contribution is 6.32. The Morgan fingerprint density at radius 2 is 1.63 bits per heavy atom. The molecule has 292 valence electrons. The standard InChI is InChI=1S/C34H56Cl2N2.C3H9N5O.C2H6.C2H2/c1-23(2)11-13-25(5)32(20-12-24(3)4)38(31-18-14-28(15-19-31)34(7,8)9)26(6)33(37-10)27-21-29(35)16-17-30(36)22-27;4-3(7-8-5)1-6-2-9;2*1-2/h11,13,16,21-22,24,26,28,31-33,37H,12,14-15,17-20H2,1-10H3;2,8H,1,5H2,(H2,4,7)(H,6,9);1-2H3;1-2H/b25-13+;;;. The number of nitrogens with one attached hydrogen (secondary N) is 3. The van der Waals surface area contributed by atoms with Gasteiger partial charge in [0.05, 0.1) is 6.54 Å². The molecule has 0 aromatic rings. The highest BCUT2D eigenvalue weighted by Crippen LogP contribution is 2.41. The van der Waals surface area contributed by atoms with E-state index in [-0.39, 0.29) is 24.5 Å². The first kappa shape index (κ1) is 50.6. The molecule has 3 unspecified atom stereocenters. The number of likely N-dealkylation sites (N-methyl/N-ethyl adjacent to an activating group) is 1. The van der Waals surface area contributed by atoms with Crippen LogP contribution in [0.3, 0.4) is 0 Å². The number of halogens is 2. The van der Waals surface area contributed by atoms with Gasteiger partial charge in [-0.3, -0.25) is 9.69 Å². The zero-order chi connectivity index (χ0) is 39.7. The summed E-state index contributed by atoms with van der Waals surface area (Å²) >= 11 is 13.2. The van der Waals surface area contributed by atoms with Crippen molar-refractivity contribution in [1.82, 2.24) is 21.1 Å². The van der Waals surface area contributed by atoms with Gasteiger partial charge in [-0.2, -0.15) is 5.10 Å². The second-order valence-electron chi connectivity index (χ2n) is 14.7. The Bertz CT molecular complexity index is 1180. The SMILES string of the molecule is C#C.CC.CNC(C1=CC(Cl)=CCC(Cl)=C1)C(C)N(C1CCC(C(C)(C)C)CC1)C(CCC(C)C)/C(C)=C/C=C(C)C.NN/N=C(\N)CNC=O. The molecule has 1 saturated carbocycles. The van der Waals surface area contributed by atoms with Gasteiger partial charge in [-0.05, 0) is 108 Å². The van der Waals surface area contributed by atoms with Crippen LogP contribution in [-0.4, -0.2) is 54.9 Å². The van der Waals surface area contributed by atoms with Gasteiger partial charge in [0, 0.05) is 40.7 Å². The molecule has 2 rings (SSSR count).